The van der Waals surface area contributed by atoms with E-state index in [1.54, 1.807) is 0 Å². The highest BCUT2D eigenvalue weighted by Crippen LogP contribution is 2.12. The third-order valence-electron chi connectivity index (χ3n) is 2.85. The Morgan fingerprint density at radius 1 is 1.22 bits per heavy atom. The van der Waals surface area contributed by atoms with Crippen LogP contribution >= 0.6 is 0 Å². The van der Waals surface area contributed by atoms with E-state index in [1.807, 2.05) is 26.0 Å². The van der Waals surface area contributed by atoms with Gasteiger partial charge in [0.2, 0.25) is 0 Å². The van der Waals surface area contributed by atoms with Crippen LogP contribution in [0.1, 0.15) is 32.8 Å². The Balaban J connectivity index is 2.30. The molecule has 3 heteroatoms. The fourth-order valence-electron chi connectivity index (χ4n) is 1.52. The molecule has 0 saturated carbocycles. The lowest BCUT2D eigenvalue weighted by Crippen LogP contribution is -2.30. The Hall–Kier alpha value is -1.06. The van der Waals surface area contributed by atoms with Gasteiger partial charge >= 0.3 is 0 Å². The molecule has 1 aromatic carbocycles. The molecule has 1 unspecified atom stereocenters. The zero-order valence-electron chi connectivity index (χ0n) is 11.6. The summed E-state index contributed by atoms with van der Waals surface area (Å²) in [6.07, 6.45) is 0.744. The maximum Gasteiger partial charge on any atom is 0.119 e. The number of aliphatic hydroxyl groups is 1. The third kappa shape index (κ3) is 5.52. The van der Waals surface area contributed by atoms with Crippen molar-refractivity contribution in [1.29, 1.82) is 0 Å². The average molecular weight is 251 g/mol. The molecule has 0 bridgehead atoms. The van der Waals surface area contributed by atoms with Crippen molar-refractivity contribution >= 4 is 0 Å². The molecule has 0 heterocycles. The minimum absolute atomic E-state index is 0.280. The van der Waals surface area contributed by atoms with Crippen LogP contribution in [0.2, 0.25) is 0 Å². The predicted molar refractivity (Wildman–Crippen MR) is 74.8 cm³/mol. The SMILES string of the molecule is CCCOc1ccc(CNCC(O)C(C)C)cc1. The van der Waals surface area contributed by atoms with Crippen LogP contribution in [-0.2, 0) is 6.54 Å². The summed E-state index contributed by atoms with van der Waals surface area (Å²) in [4.78, 5) is 0. The van der Waals surface area contributed by atoms with Crippen molar-refractivity contribution in [2.24, 2.45) is 5.92 Å². The van der Waals surface area contributed by atoms with Crippen LogP contribution in [-0.4, -0.2) is 24.4 Å². The van der Waals surface area contributed by atoms with Crippen molar-refractivity contribution in [1.82, 2.24) is 5.32 Å². The molecule has 0 aromatic heterocycles. The van der Waals surface area contributed by atoms with Crippen molar-refractivity contribution in [3.63, 3.8) is 0 Å². The van der Waals surface area contributed by atoms with Gasteiger partial charge in [-0.1, -0.05) is 32.9 Å². The van der Waals surface area contributed by atoms with Crippen LogP contribution in [0.3, 0.4) is 0 Å². The maximum absolute atomic E-state index is 9.66. The van der Waals surface area contributed by atoms with E-state index in [0.29, 0.717) is 12.5 Å². The Bertz CT molecular complexity index is 322. The van der Waals surface area contributed by atoms with Gasteiger partial charge in [0, 0.05) is 13.1 Å². The molecule has 0 amide bonds. The van der Waals surface area contributed by atoms with Crippen LogP contribution < -0.4 is 10.1 Å². The van der Waals surface area contributed by atoms with Gasteiger partial charge in [0.1, 0.15) is 5.75 Å². The lowest BCUT2D eigenvalue weighted by atomic mass is 10.1. The number of ether oxygens (including phenoxy) is 1. The number of rotatable bonds is 8. The molecule has 1 atom stereocenters. The largest absolute Gasteiger partial charge is 0.494 e. The van der Waals surface area contributed by atoms with E-state index >= 15 is 0 Å². The number of aliphatic hydroxyl groups excluding tert-OH is 1. The average Bonchev–Trinajstić information content (AvgIpc) is 2.37. The second-order valence-corrected chi connectivity index (χ2v) is 4.93. The molecule has 0 fully saturated rings. The monoisotopic (exact) mass is 251 g/mol. The fraction of sp³-hybridized carbons (Fsp3) is 0.600. The molecule has 102 valence electrons. The first kappa shape index (κ1) is 15.0. The Labute approximate surface area is 110 Å². The van der Waals surface area contributed by atoms with Crippen LogP contribution in [0.15, 0.2) is 24.3 Å². The van der Waals surface area contributed by atoms with Gasteiger partial charge in [-0.25, -0.2) is 0 Å². The Morgan fingerprint density at radius 2 is 1.89 bits per heavy atom. The van der Waals surface area contributed by atoms with E-state index in [-0.39, 0.29) is 6.10 Å². The van der Waals surface area contributed by atoms with Crippen molar-refractivity contribution in [2.75, 3.05) is 13.2 Å². The van der Waals surface area contributed by atoms with E-state index in [1.165, 1.54) is 5.56 Å². The summed E-state index contributed by atoms with van der Waals surface area (Å²) in [5.41, 5.74) is 1.20. The van der Waals surface area contributed by atoms with Gasteiger partial charge in [0.25, 0.3) is 0 Å². The van der Waals surface area contributed by atoms with Crippen LogP contribution in [0, 0.1) is 5.92 Å². The molecule has 0 aliphatic heterocycles. The summed E-state index contributed by atoms with van der Waals surface area (Å²) in [6, 6.07) is 8.09. The van der Waals surface area contributed by atoms with Crippen LogP contribution in [0.25, 0.3) is 0 Å². The van der Waals surface area contributed by atoms with Gasteiger partial charge in [-0.15, -0.1) is 0 Å². The molecule has 18 heavy (non-hydrogen) atoms. The first-order chi connectivity index (χ1) is 8.63. The molecule has 0 aliphatic carbocycles. The molecule has 1 rings (SSSR count). The molecule has 1 aromatic rings. The van der Waals surface area contributed by atoms with Gasteiger partial charge in [-0.2, -0.15) is 0 Å². The standard InChI is InChI=1S/C15H25NO2/c1-4-9-18-14-7-5-13(6-8-14)10-16-11-15(17)12(2)3/h5-8,12,15-17H,4,9-11H2,1-3H3. The molecule has 0 spiro atoms. The smallest absolute Gasteiger partial charge is 0.119 e. The molecular formula is C15H25NO2. The summed E-state index contributed by atoms with van der Waals surface area (Å²) in [6.45, 7) is 8.30. The van der Waals surface area contributed by atoms with Crippen LogP contribution in [0.4, 0.5) is 0 Å². The molecule has 2 N–H and O–H groups in total. The zero-order chi connectivity index (χ0) is 13.4. The van der Waals surface area contributed by atoms with E-state index in [9.17, 15) is 5.11 Å². The first-order valence-corrected chi connectivity index (χ1v) is 6.74. The van der Waals surface area contributed by atoms with Crippen molar-refractivity contribution in [3.05, 3.63) is 29.8 Å². The lowest BCUT2D eigenvalue weighted by molar-refractivity contribution is 0.123. The van der Waals surface area contributed by atoms with Crippen molar-refractivity contribution in [3.8, 4) is 5.75 Å². The van der Waals surface area contributed by atoms with Gasteiger partial charge < -0.3 is 15.2 Å². The van der Waals surface area contributed by atoms with Gasteiger partial charge in [0.15, 0.2) is 0 Å². The van der Waals surface area contributed by atoms with E-state index in [4.69, 9.17) is 4.74 Å². The van der Waals surface area contributed by atoms with Crippen molar-refractivity contribution in [2.45, 2.75) is 39.8 Å². The molecule has 0 radical (unpaired) electrons. The summed E-state index contributed by atoms with van der Waals surface area (Å²) < 4.78 is 5.52. The summed E-state index contributed by atoms with van der Waals surface area (Å²) in [5.74, 6) is 1.21. The van der Waals surface area contributed by atoms with Gasteiger partial charge in [-0.05, 0) is 30.0 Å². The third-order valence-corrected chi connectivity index (χ3v) is 2.85. The van der Waals surface area contributed by atoms with Crippen LogP contribution in [0.5, 0.6) is 5.75 Å². The second-order valence-electron chi connectivity index (χ2n) is 4.93. The summed E-state index contributed by atoms with van der Waals surface area (Å²) in [5, 5.41) is 12.9. The minimum atomic E-state index is -0.280. The van der Waals surface area contributed by atoms with E-state index < -0.39 is 0 Å². The quantitative estimate of drug-likeness (QED) is 0.746. The molecule has 0 aliphatic rings. The highest BCUT2D eigenvalue weighted by molar-refractivity contribution is 5.27. The van der Waals surface area contributed by atoms with Crippen molar-refractivity contribution < 1.29 is 9.84 Å². The lowest BCUT2D eigenvalue weighted by Gasteiger charge is -2.15. The maximum atomic E-state index is 9.66. The van der Waals surface area contributed by atoms with Gasteiger partial charge in [-0.3, -0.25) is 0 Å². The Morgan fingerprint density at radius 3 is 2.44 bits per heavy atom. The normalized spacial score (nSPS) is 12.7. The highest BCUT2D eigenvalue weighted by Gasteiger charge is 2.07. The number of hydrogen-bond acceptors (Lipinski definition) is 3. The number of benzene rings is 1. The molecule has 3 nitrogen and oxygen atoms in total. The summed E-state index contributed by atoms with van der Waals surface area (Å²) >= 11 is 0. The van der Waals surface area contributed by atoms with Gasteiger partial charge in [0.05, 0.1) is 12.7 Å². The number of nitrogens with one attached hydrogen (secondary N) is 1. The highest BCUT2D eigenvalue weighted by atomic mass is 16.5. The first-order valence-electron chi connectivity index (χ1n) is 6.74. The molecule has 0 saturated heterocycles. The second kappa shape index (κ2) is 8.11. The summed E-state index contributed by atoms with van der Waals surface area (Å²) in [7, 11) is 0. The molecular weight excluding hydrogens is 226 g/mol. The van der Waals surface area contributed by atoms with E-state index in [2.05, 4.69) is 24.4 Å². The van der Waals surface area contributed by atoms with E-state index in [0.717, 1.165) is 25.3 Å². The Kier molecular flexibility index (Phi) is 6.76. The zero-order valence-corrected chi connectivity index (χ0v) is 11.6. The topological polar surface area (TPSA) is 41.5 Å². The minimum Gasteiger partial charge on any atom is -0.494 e. The fourth-order valence-corrected chi connectivity index (χ4v) is 1.52. The number of hydrogen-bond donors (Lipinski definition) is 2. The predicted octanol–water partition coefficient (Wildman–Crippen LogP) is 2.58.